The van der Waals surface area contributed by atoms with E-state index in [2.05, 4.69) is 10.6 Å². The lowest BCUT2D eigenvalue weighted by molar-refractivity contribution is -0.119. The van der Waals surface area contributed by atoms with Crippen molar-refractivity contribution in [2.24, 2.45) is 0 Å². The van der Waals surface area contributed by atoms with Crippen molar-refractivity contribution < 1.29 is 24.0 Å². The zero-order valence-electron chi connectivity index (χ0n) is 20.6. The van der Waals surface area contributed by atoms with Gasteiger partial charge >= 0.3 is 0 Å². The second-order valence-corrected chi connectivity index (χ2v) is 10.3. The minimum absolute atomic E-state index is 0.161. The fourth-order valence-corrected chi connectivity index (χ4v) is 4.86. The van der Waals surface area contributed by atoms with Crippen LogP contribution in [0.1, 0.15) is 27.0 Å². The molecule has 0 aliphatic heterocycles. The third kappa shape index (κ3) is 7.62. The maximum absolute atomic E-state index is 13.5. The number of anilines is 1. The number of benzene rings is 3. The number of aryl methyl sites for hydroxylation is 1. The molecule has 1 unspecified atom stereocenters. The molecule has 2 amide bonds. The summed E-state index contributed by atoms with van der Waals surface area (Å²) >= 11 is 6.31. The Labute approximate surface area is 223 Å². The molecule has 0 aromatic heterocycles. The maximum Gasteiger partial charge on any atom is 0.251 e. The van der Waals surface area contributed by atoms with Gasteiger partial charge in [0, 0.05) is 17.1 Å². The molecule has 8 nitrogen and oxygen atoms in total. The highest BCUT2D eigenvalue weighted by atomic mass is 35.5. The van der Waals surface area contributed by atoms with Gasteiger partial charge in [0.2, 0.25) is 5.91 Å². The van der Waals surface area contributed by atoms with E-state index in [0.29, 0.717) is 21.2 Å². The van der Waals surface area contributed by atoms with E-state index >= 15 is 0 Å². The van der Waals surface area contributed by atoms with E-state index < -0.39 is 22.9 Å². The summed E-state index contributed by atoms with van der Waals surface area (Å²) < 4.78 is 15.0. The quantitative estimate of drug-likeness (QED) is 0.296. The highest BCUT2D eigenvalue weighted by Gasteiger charge is 2.22. The van der Waals surface area contributed by atoms with E-state index in [1.807, 2.05) is 26.0 Å². The van der Waals surface area contributed by atoms with Gasteiger partial charge in [-0.25, -0.2) is 4.21 Å². The molecule has 0 saturated heterocycles. The van der Waals surface area contributed by atoms with Crippen molar-refractivity contribution in [3.63, 3.8) is 0 Å². The van der Waals surface area contributed by atoms with Crippen LogP contribution in [0.5, 0.6) is 0 Å². The Morgan fingerprint density at radius 2 is 1.62 bits per heavy atom. The molecule has 0 saturated carbocycles. The van der Waals surface area contributed by atoms with Gasteiger partial charge in [0.15, 0.2) is 11.0 Å². The lowest BCUT2D eigenvalue weighted by Crippen LogP contribution is -2.40. The Balaban J connectivity index is 1.70. The van der Waals surface area contributed by atoms with Crippen molar-refractivity contribution in [3.8, 4) is 0 Å². The molecule has 0 fully saturated rings. The summed E-state index contributed by atoms with van der Waals surface area (Å²) in [5, 5.41) is 24.1. The minimum Gasteiger partial charge on any atom is -0.394 e. The molecule has 196 valence electrons. The summed E-state index contributed by atoms with van der Waals surface area (Å²) in [6.45, 7) is 3.07. The molecule has 4 N–H and O–H groups in total. The number of hydrogen-bond acceptors (Lipinski definition) is 5. The number of nitrogens with one attached hydrogen (secondary N) is 2. The first kappa shape index (κ1) is 28.3. The Morgan fingerprint density at radius 3 is 2.24 bits per heavy atom. The second kappa shape index (κ2) is 13.3. The molecule has 0 radical (unpaired) electrons. The summed E-state index contributed by atoms with van der Waals surface area (Å²) in [5.41, 5.74) is 3.47. The molecule has 1 atom stereocenters. The van der Waals surface area contributed by atoms with E-state index in [1.165, 1.54) is 4.31 Å². The zero-order valence-corrected chi connectivity index (χ0v) is 22.2. The van der Waals surface area contributed by atoms with Crippen LogP contribution >= 0.6 is 11.6 Å². The number of carbonyl (C=O) groups is 2. The molecule has 10 heteroatoms. The minimum atomic E-state index is -1.65. The lowest BCUT2D eigenvalue weighted by Gasteiger charge is -2.25. The van der Waals surface area contributed by atoms with Gasteiger partial charge < -0.3 is 20.8 Å². The van der Waals surface area contributed by atoms with Crippen LogP contribution in [0.2, 0.25) is 5.02 Å². The highest BCUT2D eigenvalue weighted by molar-refractivity contribution is 7.86. The first-order valence-electron chi connectivity index (χ1n) is 11.6. The van der Waals surface area contributed by atoms with Gasteiger partial charge in [-0.15, -0.1) is 0 Å². The molecule has 0 aliphatic rings. The smallest absolute Gasteiger partial charge is 0.251 e. The Kier molecular flexibility index (Phi) is 10.2. The summed E-state index contributed by atoms with van der Waals surface area (Å²) in [6.07, 6.45) is 0. The van der Waals surface area contributed by atoms with Gasteiger partial charge in [0.25, 0.3) is 5.91 Å². The molecule has 0 aliphatic carbocycles. The van der Waals surface area contributed by atoms with Crippen molar-refractivity contribution in [2.45, 2.75) is 31.3 Å². The molecular weight excluding hydrogens is 514 g/mol. The number of amides is 2. The number of nitrogens with zero attached hydrogens (tertiary/aromatic N) is 1. The molecule has 37 heavy (non-hydrogen) atoms. The van der Waals surface area contributed by atoms with Crippen molar-refractivity contribution in [1.82, 2.24) is 10.6 Å². The van der Waals surface area contributed by atoms with Gasteiger partial charge in [-0.2, -0.15) is 0 Å². The van der Waals surface area contributed by atoms with Gasteiger partial charge in [-0.3, -0.25) is 13.9 Å². The van der Waals surface area contributed by atoms with Crippen LogP contribution in [0.25, 0.3) is 0 Å². The number of aliphatic hydroxyl groups excluding tert-OH is 2. The third-order valence-corrected chi connectivity index (χ3v) is 7.51. The monoisotopic (exact) mass is 543 g/mol. The summed E-state index contributed by atoms with van der Waals surface area (Å²) in [7, 11) is -1.65. The summed E-state index contributed by atoms with van der Waals surface area (Å²) in [6, 6.07) is 18.4. The fraction of sp³-hybridized carbons (Fsp3) is 0.259. The topological polar surface area (TPSA) is 119 Å². The molecule has 3 rings (SSSR count). The van der Waals surface area contributed by atoms with Crippen LogP contribution in [0, 0.1) is 13.8 Å². The summed E-state index contributed by atoms with van der Waals surface area (Å²) in [4.78, 5) is 25.7. The van der Waals surface area contributed by atoms with Crippen molar-refractivity contribution in [3.05, 3.63) is 94.0 Å². The predicted octanol–water partition coefficient (Wildman–Crippen LogP) is 2.89. The largest absolute Gasteiger partial charge is 0.394 e. The number of halogens is 1. The molecule has 0 bridgehead atoms. The zero-order chi connectivity index (χ0) is 26.9. The predicted molar refractivity (Wildman–Crippen MR) is 145 cm³/mol. The van der Waals surface area contributed by atoms with Crippen LogP contribution in [0.15, 0.2) is 71.6 Å². The number of rotatable bonds is 11. The number of aliphatic hydroxyl groups is 2. The van der Waals surface area contributed by atoms with Crippen molar-refractivity contribution in [1.29, 1.82) is 0 Å². The number of carbonyl (C=O) groups excluding carboxylic acids is 2. The lowest BCUT2D eigenvalue weighted by atomic mass is 10.1. The standard InChI is InChI=1S/C27H30ClN3O5S/c1-18-6-12-23(13-7-18)37(36)31(25-5-3-4-24(28)19(25)2)15-26(34)29-14-20-8-10-21(11-9-20)27(35)30-22(16-32)17-33/h3-13,22,32-33H,14-17H2,1-2H3,(H,29,34)(H,30,35). The SMILES string of the molecule is Cc1ccc(S(=O)N(CC(=O)NCc2ccc(C(=O)NC(CO)CO)cc2)c2cccc(Cl)c2C)cc1. The van der Waals surface area contributed by atoms with E-state index in [9.17, 15) is 13.8 Å². The van der Waals surface area contributed by atoms with Gasteiger partial charge in [-0.1, -0.05) is 47.5 Å². The molecular formula is C27H30ClN3O5S. The van der Waals surface area contributed by atoms with Gasteiger partial charge in [0.05, 0.1) is 29.8 Å². The van der Waals surface area contributed by atoms with E-state index in [4.69, 9.17) is 21.8 Å². The number of hydrogen-bond donors (Lipinski definition) is 4. The van der Waals surface area contributed by atoms with Crippen LogP contribution in [0.3, 0.4) is 0 Å². The highest BCUT2D eigenvalue weighted by Crippen LogP contribution is 2.29. The van der Waals surface area contributed by atoms with E-state index in [1.54, 1.807) is 54.6 Å². The van der Waals surface area contributed by atoms with Crippen LogP contribution in [0.4, 0.5) is 5.69 Å². The first-order valence-corrected chi connectivity index (χ1v) is 13.1. The molecule has 0 heterocycles. The van der Waals surface area contributed by atoms with Crippen LogP contribution in [-0.2, 0) is 22.3 Å². The maximum atomic E-state index is 13.5. The van der Waals surface area contributed by atoms with E-state index in [-0.39, 0.29) is 32.2 Å². The van der Waals surface area contributed by atoms with Crippen LogP contribution in [-0.4, -0.2) is 52.0 Å². The summed E-state index contributed by atoms with van der Waals surface area (Å²) in [5.74, 6) is -0.759. The van der Waals surface area contributed by atoms with E-state index in [0.717, 1.165) is 16.7 Å². The molecule has 3 aromatic rings. The molecule has 3 aromatic carbocycles. The average molecular weight is 544 g/mol. The second-order valence-electron chi connectivity index (χ2n) is 8.49. The van der Waals surface area contributed by atoms with Crippen LogP contribution < -0.4 is 14.9 Å². The van der Waals surface area contributed by atoms with Crippen molar-refractivity contribution in [2.75, 3.05) is 24.1 Å². The fourth-order valence-electron chi connectivity index (χ4n) is 3.46. The Morgan fingerprint density at radius 1 is 0.973 bits per heavy atom. The average Bonchev–Trinajstić information content (AvgIpc) is 2.91. The first-order chi connectivity index (χ1) is 17.7. The van der Waals surface area contributed by atoms with Gasteiger partial charge in [0.1, 0.15) is 6.54 Å². The normalized spacial score (nSPS) is 11.7. The Bertz CT molecular complexity index is 1250. The van der Waals surface area contributed by atoms with Crippen molar-refractivity contribution >= 4 is 40.1 Å². The van der Waals surface area contributed by atoms with Gasteiger partial charge in [-0.05, 0) is 61.4 Å². The molecule has 0 spiro atoms. The third-order valence-electron chi connectivity index (χ3n) is 5.70. The Hall–Kier alpha value is -3.24.